The second kappa shape index (κ2) is 7.55. The summed E-state index contributed by atoms with van der Waals surface area (Å²) in [6.07, 6.45) is 0. The third-order valence-electron chi connectivity index (χ3n) is 4.99. The average Bonchev–Trinajstić information content (AvgIpc) is 2.98. The maximum absolute atomic E-state index is 12.3. The molecule has 0 fully saturated rings. The van der Waals surface area contributed by atoms with Crippen molar-refractivity contribution in [2.75, 3.05) is 5.32 Å². The van der Waals surface area contributed by atoms with Crippen LogP contribution in [0.1, 0.15) is 42.0 Å². The van der Waals surface area contributed by atoms with E-state index in [1.165, 1.54) is 5.56 Å². The van der Waals surface area contributed by atoms with Gasteiger partial charge in [0.05, 0.1) is 11.4 Å². The van der Waals surface area contributed by atoms with Gasteiger partial charge < -0.3 is 10.1 Å². The molecule has 0 aromatic heterocycles. The van der Waals surface area contributed by atoms with E-state index in [-0.39, 0.29) is 5.91 Å². The van der Waals surface area contributed by atoms with Crippen LogP contribution in [-0.4, -0.2) is 11.6 Å². The standard InChI is InChI=1S/C25H24N2O2/c1-15(2)20-11-5-17(4)14-23(20)29-19-9-7-18(8-10-19)26-24-21-13-16(3)6-12-22(21)27-25(24)28/h5-15H,1-4H3,(H,26,27,28). The third-order valence-corrected chi connectivity index (χ3v) is 4.99. The van der Waals surface area contributed by atoms with E-state index >= 15 is 0 Å². The van der Waals surface area contributed by atoms with E-state index in [2.05, 4.69) is 49.3 Å². The molecule has 0 bridgehead atoms. The number of carbonyl (C=O) groups is 1. The molecule has 4 heteroatoms. The van der Waals surface area contributed by atoms with Crippen LogP contribution in [0.15, 0.2) is 65.7 Å². The highest BCUT2D eigenvalue weighted by atomic mass is 16.5. The molecule has 1 aliphatic heterocycles. The van der Waals surface area contributed by atoms with E-state index in [4.69, 9.17) is 4.74 Å². The number of aliphatic imine (C=N–C) groups is 1. The lowest BCUT2D eigenvalue weighted by atomic mass is 10.0. The number of nitrogens with zero attached hydrogens (tertiary/aromatic N) is 1. The molecule has 4 nitrogen and oxygen atoms in total. The van der Waals surface area contributed by atoms with E-state index in [1.54, 1.807) is 0 Å². The third kappa shape index (κ3) is 3.92. The number of anilines is 1. The van der Waals surface area contributed by atoms with Crippen molar-refractivity contribution in [2.24, 2.45) is 4.99 Å². The number of rotatable bonds is 4. The zero-order valence-electron chi connectivity index (χ0n) is 17.1. The van der Waals surface area contributed by atoms with Crippen molar-refractivity contribution in [2.45, 2.75) is 33.6 Å². The van der Waals surface area contributed by atoms with Gasteiger partial charge in [0, 0.05) is 5.56 Å². The number of ether oxygens (including phenoxy) is 1. The van der Waals surface area contributed by atoms with E-state index < -0.39 is 0 Å². The fraction of sp³-hybridized carbons (Fsp3) is 0.200. The van der Waals surface area contributed by atoms with Crippen LogP contribution in [0.2, 0.25) is 0 Å². The molecule has 0 unspecified atom stereocenters. The summed E-state index contributed by atoms with van der Waals surface area (Å²) in [6, 6.07) is 19.7. The highest BCUT2D eigenvalue weighted by Crippen LogP contribution is 2.33. The first kappa shape index (κ1) is 18.9. The van der Waals surface area contributed by atoms with E-state index in [0.717, 1.165) is 33.9 Å². The Kier molecular flexibility index (Phi) is 4.93. The number of benzene rings is 3. The van der Waals surface area contributed by atoms with Crippen molar-refractivity contribution in [3.05, 3.63) is 82.9 Å². The molecule has 0 spiro atoms. The fourth-order valence-electron chi connectivity index (χ4n) is 3.43. The van der Waals surface area contributed by atoms with Gasteiger partial charge in [0.1, 0.15) is 17.2 Å². The largest absolute Gasteiger partial charge is 0.457 e. The monoisotopic (exact) mass is 384 g/mol. The molecule has 0 aliphatic carbocycles. The van der Waals surface area contributed by atoms with Crippen molar-refractivity contribution in [3.63, 3.8) is 0 Å². The molecular weight excluding hydrogens is 360 g/mol. The number of hydrogen-bond donors (Lipinski definition) is 1. The predicted octanol–water partition coefficient (Wildman–Crippen LogP) is 6.29. The molecular formula is C25H24N2O2. The highest BCUT2D eigenvalue weighted by molar-refractivity contribution is 6.54. The number of nitrogens with one attached hydrogen (secondary N) is 1. The summed E-state index contributed by atoms with van der Waals surface area (Å²) in [5.74, 6) is 1.82. The molecule has 3 aromatic carbocycles. The maximum Gasteiger partial charge on any atom is 0.275 e. The van der Waals surface area contributed by atoms with Gasteiger partial charge in [0.15, 0.2) is 0 Å². The molecule has 0 saturated heterocycles. The minimum atomic E-state index is -0.174. The van der Waals surface area contributed by atoms with Gasteiger partial charge in [-0.1, -0.05) is 37.6 Å². The van der Waals surface area contributed by atoms with Gasteiger partial charge in [-0.05, 0) is 73.4 Å². The topological polar surface area (TPSA) is 50.7 Å². The Hall–Kier alpha value is -3.40. The van der Waals surface area contributed by atoms with Gasteiger partial charge in [0.25, 0.3) is 5.91 Å². The van der Waals surface area contributed by atoms with Gasteiger partial charge in [-0.2, -0.15) is 0 Å². The summed E-state index contributed by atoms with van der Waals surface area (Å²) in [6.45, 7) is 8.37. The van der Waals surface area contributed by atoms with E-state index in [1.807, 2.05) is 49.4 Å². The molecule has 1 amide bonds. The highest BCUT2D eigenvalue weighted by Gasteiger charge is 2.25. The zero-order chi connectivity index (χ0) is 20.5. The smallest absolute Gasteiger partial charge is 0.275 e. The normalized spacial score (nSPS) is 14.2. The average molecular weight is 384 g/mol. The van der Waals surface area contributed by atoms with Gasteiger partial charge in [-0.25, -0.2) is 4.99 Å². The second-order valence-corrected chi connectivity index (χ2v) is 7.76. The molecule has 3 aromatic rings. The number of aryl methyl sites for hydroxylation is 2. The lowest BCUT2D eigenvalue weighted by molar-refractivity contribution is -0.110. The molecule has 1 N–H and O–H groups in total. The quantitative estimate of drug-likeness (QED) is 0.574. The Bertz CT molecular complexity index is 1110. The minimum absolute atomic E-state index is 0.174. The summed E-state index contributed by atoms with van der Waals surface area (Å²) in [5.41, 5.74) is 6.24. The molecule has 4 rings (SSSR count). The van der Waals surface area contributed by atoms with Gasteiger partial charge in [0.2, 0.25) is 0 Å². The molecule has 0 saturated carbocycles. The van der Waals surface area contributed by atoms with Crippen LogP contribution >= 0.6 is 0 Å². The van der Waals surface area contributed by atoms with Crippen LogP contribution in [0.3, 0.4) is 0 Å². The van der Waals surface area contributed by atoms with Gasteiger partial charge in [-0.3, -0.25) is 4.79 Å². The first-order chi connectivity index (χ1) is 13.9. The van der Waals surface area contributed by atoms with Crippen molar-refractivity contribution in [1.82, 2.24) is 0 Å². The van der Waals surface area contributed by atoms with Crippen LogP contribution in [0, 0.1) is 13.8 Å². The molecule has 0 radical (unpaired) electrons. The Morgan fingerprint density at radius 1 is 0.897 bits per heavy atom. The van der Waals surface area contributed by atoms with Crippen molar-refractivity contribution >= 4 is 23.0 Å². The van der Waals surface area contributed by atoms with Crippen LogP contribution in [0.4, 0.5) is 11.4 Å². The Morgan fingerprint density at radius 3 is 2.31 bits per heavy atom. The number of fused-ring (bicyclic) bond motifs is 1. The molecule has 146 valence electrons. The maximum atomic E-state index is 12.3. The summed E-state index contributed by atoms with van der Waals surface area (Å²) in [7, 11) is 0. The van der Waals surface area contributed by atoms with Crippen molar-refractivity contribution in [3.8, 4) is 11.5 Å². The summed E-state index contributed by atoms with van der Waals surface area (Å²) in [5, 5.41) is 2.87. The SMILES string of the molecule is Cc1ccc(C(C)C)c(Oc2ccc(N=C3C(=O)Nc4ccc(C)cc43)cc2)c1. The molecule has 29 heavy (non-hydrogen) atoms. The number of amides is 1. The predicted molar refractivity (Wildman–Crippen MR) is 118 cm³/mol. The van der Waals surface area contributed by atoms with E-state index in [0.29, 0.717) is 17.3 Å². The number of hydrogen-bond acceptors (Lipinski definition) is 3. The number of carbonyl (C=O) groups excluding carboxylic acids is 1. The van der Waals surface area contributed by atoms with Crippen LogP contribution in [0.5, 0.6) is 11.5 Å². The van der Waals surface area contributed by atoms with Gasteiger partial charge in [-0.15, -0.1) is 0 Å². The van der Waals surface area contributed by atoms with Crippen molar-refractivity contribution in [1.29, 1.82) is 0 Å². The molecule has 1 aliphatic rings. The van der Waals surface area contributed by atoms with Crippen molar-refractivity contribution < 1.29 is 9.53 Å². The summed E-state index contributed by atoms with van der Waals surface area (Å²) >= 11 is 0. The fourth-order valence-corrected chi connectivity index (χ4v) is 3.43. The minimum Gasteiger partial charge on any atom is -0.457 e. The molecule has 0 atom stereocenters. The Morgan fingerprint density at radius 2 is 1.59 bits per heavy atom. The van der Waals surface area contributed by atoms with Crippen LogP contribution < -0.4 is 10.1 Å². The molecule has 1 heterocycles. The van der Waals surface area contributed by atoms with Crippen LogP contribution in [-0.2, 0) is 4.79 Å². The Balaban J connectivity index is 1.60. The summed E-state index contributed by atoms with van der Waals surface area (Å²) < 4.78 is 6.14. The zero-order valence-corrected chi connectivity index (χ0v) is 17.1. The first-order valence-corrected chi connectivity index (χ1v) is 9.80. The summed E-state index contributed by atoms with van der Waals surface area (Å²) in [4.78, 5) is 16.9. The lowest BCUT2D eigenvalue weighted by Gasteiger charge is -2.14. The Labute approximate surface area is 171 Å². The van der Waals surface area contributed by atoms with Crippen LogP contribution in [0.25, 0.3) is 0 Å². The van der Waals surface area contributed by atoms with E-state index in [9.17, 15) is 4.79 Å². The first-order valence-electron chi connectivity index (χ1n) is 9.80. The lowest BCUT2D eigenvalue weighted by Crippen LogP contribution is -2.13. The van der Waals surface area contributed by atoms with Gasteiger partial charge >= 0.3 is 0 Å². The second-order valence-electron chi connectivity index (χ2n) is 7.76.